The van der Waals surface area contributed by atoms with E-state index in [4.69, 9.17) is 15.9 Å². The van der Waals surface area contributed by atoms with Gasteiger partial charge in [0, 0.05) is 0 Å². The van der Waals surface area contributed by atoms with E-state index in [0.29, 0.717) is 0 Å². The van der Waals surface area contributed by atoms with Crippen LogP contribution in [0.1, 0.15) is 230 Å². The second-order valence-electron chi connectivity index (χ2n) is 21.6. The monoisotopic (exact) mass is 1070 g/mol. The number of benzene rings is 5. The van der Waals surface area contributed by atoms with Crippen LogP contribution >= 0.6 is 0 Å². The molecule has 0 saturated heterocycles. The summed E-state index contributed by atoms with van der Waals surface area (Å²) in [5, 5.41) is 5.54. The molecule has 0 atom stereocenters. The second kappa shape index (κ2) is 29.5. The van der Waals surface area contributed by atoms with Crippen molar-refractivity contribution >= 4 is 73.5 Å². The summed E-state index contributed by atoms with van der Waals surface area (Å²) in [6.07, 6.45) is 40.8. The van der Waals surface area contributed by atoms with Crippen LogP contribution in [-0.2, 0) is 12.8 Å². The molecule has 70 heavy (non-hydrogen) atoms. The van der Waals surface area contributed by atoms with Crippen LogP contribution in [0.25, 0.3) is 65.9 Å². The molecule has 378 valence electrons. The first-order chi connectivity index (χ1) is 34.4. The number of hydrogen-bond donors (Lipinski definition) is 0. The molecule has 0 bridgehead atoms. The maximum absolute atomic E-state index is 5.31. The molecule has 2 heterocycles. The molecule has 7 aromatic rings. The van der Waals surface area contributed by atoms with Crippen molar-refractivity contribution in [3.8, 4) is 22.3 Å². The van der Waals surface area contributed by atoms with E-state index in [0.717, 1.165) is 45.0 Å². The van der Waals surface area contributed by atoms with E-state index in [1.165, 1.54) is 248 Å². The van der Waals surface area contributed by atoms with Crippen LogP contribution in [-0.4, -0.2) is 45.8 Å². The van der Waals surface area contributed by atoms with E-state index in [-0.39, 0.29) is 29.9 Å². The summed E-state index contributed by atoms with van der Waals surface area (Å²) in [7, 11) is 0. The van der Waals surface area contributed by atoms with Crippen molar-refractivity contribution in [3.63, 3.8) is 0 Å². The predicted molar refractivity (Wildman–Crippen MR) is 308 cm³/mol. The summed E-state index contributed by atoms with van der Waals surface area (Å²) in [6, 6.07) is 24.4. The number of aromatic nitrogens is 4. The molecule has 4 nitrogen and oxygen atoms in total. The summed E-state index contributed by atoms with van der Waals surface area (Å²) in [4.78, 5) is 0. The third kappa shape index (κ3) is 15.0. The molecule has 0 radical (unpaired) electrons. The van der Waals surface area contributed by atoms with Crippen molar-refractivity contribution in [1.29, 1.82) is 0 Å². The summed E-state index contributed by atoms with van der Waals surface area (Å²) >= 11 is -0.290. The van der Waals surface area contributed by atoms with Gasteiger partial charge >= 0.3 is 297 Å². The number of unbranched alkanes of at least 4 members (excludes halogenated alkanes) is 20. The minimum absolute atomic E-state index is 0.0984. The predicted octanol–water partition coefficient (Wildman–Crippen LogP) is 19.3. The van der Waals surface area contributed by atoms with Crippen LogP contribution in [0.2, 0.25) is 0 Å². The number of rotatable bonds is 34. The van der Waals surface area contributed by atoms with Crippen molar-refractivity contribution in [1.82, 2.24) is 15.9 Å². The van der Waals surface area contributed by atoms with E-state index in [9.17, 15) is 0 Å². The summed E-state index contributed by atoms with van der Waals surface area (Å²) in [5.74, 6) is 1.48. The fraction of sp³-hybridized carbons (Fsp3) is 0.594. The Bertz CT molecular complexity index is 2610. The first-order valence-electron chi connectivity index (χ1n) is 28.9. The fourth-order valence-electron chi connectivity index (χ4n) is 11.8. The Hall–Kier alpha value is -3.14. The molecule has 0 aliphatic rings. The van der Waals surface area contributed by atoms with Crippen LogP contribution in [0.5, 0.6) is 0 Å². The minimum atomic E-state index is -0.192. The first-order valence-corrected chi connectivity index (χ1v) is 32.0. The molecular weight excluding hydrogens is 983 g/mol. The fourth-order valence-corrected chi connectivity index (χ4v) is 14.3. The van der Waals surface area contributed by atoms with Gasteiger partial charge < -0.3 is 0 Å². The van der Waals surface area contributed by atoms with Gasteiger partial charge in [-0.1, -0.05) is 143 Å². The van der Waals surface area contributed by atoms with Gasteiger partial charge in [0.05, 0.1) is 0 Å². The van der Waals surface area contributed by atoms with Gasteiger partial charge in [0.1, 0.15) is 0 Å². The van der Waals surface area contributed by atoms with E-state index in [1.807, 2.05) is 0 Å². The van der Waals surface area contributed by atoms with E-state index in [1.54, 1.807) is 0 Å². The van der Waals surface area contributed by atoms with Crippen molar-refractivity contribution in [2.45, 2.75) is 234 Å². The van der Waals surface area contributed by atoms with Crippen LogP contribution < -0.4 is 0 Å². The Morgan fingerprint density at radius 1 is 0.357 bits per heavy atom. The molecule has 0 unspecified atom stereocenters. The number of fused-ring (bicyclic) bond motifs is 4. The Kier molecular flexibility index (Phi) is 23.0. The topological polar surface area (TPSA) is 51.6 Å². The zero-order valence-corrected chi connectivity index (χ0v) is 48.2. The average molecular weight is 1070 g/mol. The normalized spacial score (nSPS) is 12.1. The van der Waals surface area contributed by atoms with Gasteiger partial charge in [-0.15, -0.1) is 0 Å². The Morgan fingerprint density at radius 2 is 0.729 bits per heavy atom. The average Bonchev–Trinajstić information content (AvgIpc) is 4.08. The van der Waals surface area contributed by atoms with E-state index < -0.39 is 0 Å². The third-order valence-electron chi connectivity index (χ3n) is 16.0. The number of aryl methyl sites for hydroxylation is 2. The van der Waals surface area contributed by atoms with E-state index >= 15 is 0 Å². The molecule has 0 saturated carbocycles. The summed E-state index contributed by atoms with van der Waals surface area (Å²) in [6.45, 7) is 13.9. The van der Waals surface area contributed by atoms with Crippen LogP contribution in [0, 0.1) is 25.7 Å². The van der Waals surface area contributed by atoms with Gasteiger partial charge in [0.2, 0.25) is 0 Å². The van der Waals surface area contributed by atoms with Crippen molar-refractivity contribution in [2.24, 2.45) is 11.8 Å². The van der Waals surface area contributed by atoms with Crippen LogP contribution in [0.3, 0.4) is 0 Å². The van der Waals surface area contributed by atoms with Gasteiger partial charge in [-0.3, -0.25) is 0 Å². The maximum atomic E-state index is 5.31. The van der Waals surface area contributed by atoms with Gasteiger partial charge in [-0.25, -0.2) is 0 Å². The number of hydrogen-bond acceptors (Lipinski definition) is 4. The summed E-state index contributed by atoms with van der Waals surface area (Å²) < 4.78 is 20.3. The van der Waals surface area contributed by atoms with Gasteiger partial charge in [-0.05, 0) is 0 Å². The van der Waals surface area contributed by atoms with Crippen molar-refractivity contribution < 1.29 is 0 Å². The molecule has 0 spiro atoms. The van der Waals surface area contributed by atoms with Gasteiger partial charge in [0.15, 0.2) is 0 Å². The first kappa shape index (κ1) is 54.6. The molecule has 5 aromatic carbocycles. The molecule has 6 heteroatoms. The molecule has 0 N–H and O–H groups in total. The van der Waals surface area contributed by atoms with E-state index in [2.05, 4.69) is 102 Å². The van der Waals surface area contributed by atoms with Crippen molar-refractivity contribution in [2.75, 3.05) is 0 Å². The molecule has 0 aliphatic heterocycles. The number of nitrogens with zero attached hydrogens (tertiary/aromatic N) is 4. The molecular formula is C64H90N4Se2. The Balaban J connectivity index is 1.27. The zero-order valence-electron chi connectivity index (χ0n) is 44.7. The zero-order chi connectivity index (χ0) is 48.9. The Labute approximate surface area is 437 Å². The quantitative estimate of drug-likeness (QED) is 0.0229. The molecule has 0 fully saturated rings. The molecule has 2 aromatic heterocycles. The molecule has 0 amide bonds. The second-order valence-corrected chi connectivity index (χ2v) is 23.9. The summed E-state index contributed by atoms with van der Waals surface area (Å²) in [5.41, 5.74) is 14.7. The Morgan fingerprint density at radius 3 is 1.21 bits per heavy atom. The molecule has 7 rings (SSSR count). The van der Waals surface area contributed by atoms with Crippen molar-refractivity contribution in [3.05, 3.63) is 82.9 Å². The van der Waals surface area contributed by atoms with Crippen LogP contribution in [0.4, 0.5) is 0 Å². The van der Waals surface area contributed by atoms with Gasteiger partial charge in [0.25, 0.3) is 0 Å². The van der Waals surface area contributed by atoms with Gasteiger partial charge in [-0.2, -0.15) is 0 Å². The third-order valence-corrected chi connectivity index (χ3v) is 18.2. The van der Waals surface area contributed by atoms with Crippen LogP contribution in [0.15, 0.2) is 60.7 Å². The molecule has 0 aliphatic carbocycles. The standard InChI is InChI=1S/C64H90N4Se2/c1-7-11-15-19-23-27-31-49(32-28-24-20-16-12-8-2)43-51-37-40-54-58(45-51)48(6)53-39-36-52(44-50(33-29-25-21-17-13-9-3)34-30-26-22-18-14-10-4)46-59(53)60(54)57-42-41-56(63-64(57)68-70-67-63)55-38-35-47(5)61-62(55)66-69-65-61/h35-42,45-46,49-50H,7-34,43-44H2,1-6H3. The SMILES string of the molecule is CCCCCCCCC(CCCCCCCC)Cc1ccc2c(-c3ccc(-c4ccc(C)c5n[se]nc45)c4n[se]nc34)c3cc(CC(CCCCCCCC)CCCCCCCC)ccc3c(C)c2c1.